The fraction of sp³-hybridized carbons (Fsp3) is 0.200. The number of hydrazine groups is 1. The van der Waals surface area contributed by atoms with E-state index < -0.39 is 0 Å². The third kappa shape index (κ3) is 3.00. The number of benzene rings is 2. The van der Waals surface area contributed by atoms with E-state index in [4.69, 9.17) is 17.4 Å². The molecule has 100 valence electrons. The molecule has 0 amide bonds. The Balaban J connectivity index is 2.50. The molecule has 2 aromatic rings. The smallest absolute Gasteiger partial charge is 0.0725 e. The van der Waals surface area contributed by atoms with Gasteiger partial charge in [-0.15, -0.1) is 0 Å². The highest BCUT2D eigenvalue weighted by molar-refractivity contribution is 9.10. The van der Waals surface area contributed by atoms with Gasteiger partial charge in [0.15, 0.2) is 0 Å². The number of hydrogen-bond donors (Lipinski definition) is 2. The Morgan fingerprint density at radius 3 is 2.53 bits per heavy atom. The summed E-state index contributed by atoms with van der Waals surface area (Å²) >= 11 is 9.79. The zero-order valence-electron chi connectivity index (χ0n) is 10.9. The van der Waals surface area contributed by atoms with E-state index in [2.05, 4.69) is 53.4 Å². The van der Waals surface area contributed by atoms with Gasteiger partial charge in [-0.2, -0.15) is 0 Å². The van der Waals surface area contributed by atoms with Crippen molar-refractivity contribution in [3.05, 3.63) is 68.1 Å². The highest BCUT2D eigenvalue weighted by Gasteiger charge is 2.17. The number of hydrogen-bond acceptors (Lipinski definition) is 2. The SMILES string of the molecule is Cc1ccc(C(NN)c2cccc(Br)c2Cl)cc1C. The maximum atomic E-state index is 6.35. The molecule has 0 aliphatic rings. The van der Waals surface area contributed by atoms with Crippen LogP contribution in [0.2, 0.25) is 5.02 Å². The van der Waals surface area contributed by atoms with Gasteiger partial charge in [0.05, 0.1) is 11.1 Å². The van der Waals surface area contributed by atoms with Crippen molar-refractivity contribution in [2.45, 2.75) is 19.9 Å². The van der Waals surface area contributed by atoms with Gasteiger partial charge < -0.3 is 0 Å². The van der Waals surface area contributed by atoms with Crippen LogP contribution < -0.4 is 11.3 Å². The molecule has 0 fully saturated rings. The summed E-state index contributed by atoms with van der Waals surface area (Å²) in [5, 5.41) is 0.684. The molecule has 0 aliphatic heterocycles. The molecule has 0 heterocycles. The van der Waals surface area contributed by atoms with Crippen molar-refractivity contribution in [1.82, 2.24) is 5.43 Å². The molecule has 0 aliphatic carbocycles. The van der Waals surface area contributed by atoms with E-state index in [1.807, 2.05) is 18.2 Å². The van der Waals surface area contributed by atoms with E-state index in [-0.39, 0.29) is 6.04 Å². The lowest BCUT2D eigenvalue weighted by Gasteiger charge is -2.19. The third-order valence-corrected chi connectivity index (χ3v) is 4.63. The van der Waals surface area contributed by atoms with Crippen molar-refractivity contribution in [3.8, 4) is 0 Å². The Kier molecular flexibility index (Phi) is 4.63. The van der Waals surface area contributed by atoms with Gasteiger partial charge in [0.1, 0.15) is 0 Å². The number of nitrogens with one attached hydrogen (secondary N) is 1. The molecule has 4 heteroatoms. The average molecular weight is 340 g/mol. The summed E-state index contributed by atoms with van der Waals surface area (Å²) in [5.74, 6) is 5.72. The van der Waals surface area contributed by atoms with E-state index in [1.165, 1.54) is 11.1 Å². The molecule has 0 spiro atoms. The Labute approximate surface area is 127 Å². The van der Waals surface area contributed by atoms with Crippen molar-refractivity contribution in [2.75, 3.05) is 0 Å². The fourth-order valence-electron chi connectivity index (χ4n) is 2.05. The Morgan fingerprint density at radius 2 is 1.89 bits per heavy atom. The molecular formula is C15H16BrClN2. The Morgan fingerprint density at radius 1 is 1.16 bits per heavy atom. The second kappa shape index (κ2) is 6.06. The largest absolute Gasteiger partial charge is 0.271 e. The van der Waals surface area contributed by atoms with Crippen LogP contribution >= 0.6 is 27.5 Å². The molecule has 1 unspecified atom stereocenters. The predicted octanol–water partition coefficient (Wildman–Crippen LogP) is 4.27. The standard InChI is InChI=1S/C15H16BrClN2/c1-9-6-7-11(8-10(9)2)15(19-18)12-4-3-5-13(16)14(12)17/h3-8,15,19H,18H2,1-2H3. The molecule has 19 heavy (non-hydrogen) atoms. The first kappa shape index (κ1) is 14.5. The number of rotatable bonds is 3. The summed E-state index contributed by atoms with van der Waals surface area (Å²) in [6.07, 6.45) is 0. The summed E-state index contributed by atoms with van der Waals surface area (Å²) in [6, 6.07) is 12.0. The van der Waals surface area contributed by atoms with Gasteiger partial charge in [-0.25, -0.2) is 5.43 Å². The van der Waals surface area contributed by atoms with Crippen LogP contribution in [0.25, 0.3) is 0 Å². The first-order valence-electron chi connectivity index (χ1n) is 6.01. The van der Waals surface area contributed by atoms with Crippen LogP contribution in [0.15, 0.2) is 40.9 Å². The van der Waals surface area contributed by atoms with Crippen molar-refractivity contribution >= 4 is 27.5 Å². The van der Waals surface area contributed by atoms with E-state index in [9.17, 15) is 0 Å². The maximum Gasteiger partial charge on any atom is 0.0725 e. The maximum absolute atomic E-state index is 6.35. The van der Waals surface area contributed by atoms with Gasteiger partial charge in [-0.05, 0) is 58.1 Å². The predicted molar refractivity (Wildman–Crippen MR) is 84.2 cm³/mol. The molecule has 0 saturated heterocycles. The molecule has 2 aromatic carbocycles. The molecule has 3 N–H and O–H groups in total. The van der Waals surface area contributed by atoms with Crippen LogP contribution in [0.4, 0.5) is 0 Å². The normalized spacial score (nSPS) is 12.5. The molecule has 0 saturated carbocycles. The fourth-order valence-corrected chi connectivity index (χ4v) is 2.67. The van der Waals surface area contributed by atoms with E-state index >= 15 is 0 Å². The summed E-state index contributed by atoms with van der Waals surface area (Å²) in [7, 11) is 0. The van der Waals surface area contributed by atoms with Gasteiger partial charge in [0.2, 0.25) is 0 Å². The van der Waals surface area contributed by atoms with E-state index in [0.717, 1.165) is 15.6 Å². The van der Waals surface area contributed by atoms with Crippen LogP contribution in [0.5, 0.6) is 0 Å². The number of nitrogens with two attached hydrogens (primary N) is 1. The Bertz CT molecular complexity index is 599. The molecule has 1 atom stereocenters. The zero-order chi connectivity index (χ0) is 14.0. The zero-order valence-corrected chi connectivity index (χ0v) is 13.2. The third-order valence-electron chi connectivity index (χ3n) is 3.32. The first-order chi connectivity index (χ1) is 9.04. The minimum absolute atomic E-state index is 0.121. The van der Waals surface area contributed by atoms with Gasteiger partial charge in [-0.1, -0.05) is 41.9 Å². The summed E-state index contributed by atoms with van der Waals surface area (Å²) < 4.78 is 0.871. The van der Waals surface area contributed by atoms with Crippen molar-refractivity contribution in [2.24, 2.45) is 5.84 Å². The lowest BCUT2D eigenvalue weighted by atomic mass is 9.96. The van der Waals surface area contributed by atoms with Crippen molar-refractivity contribution in [3.63, 3.8) is 0 Å². The van der Waals surface area contributed by atoms with Crippen LogP contribution in [-0.4, -0.2) is 0 Å². The first-order valence-corrected chi connectivity index (χ1v) is 7.19. The van der Waals surface area contributed by atoms with E-state index in [0.29, 0.717) is 5.02 Å². The lowest BCUT2D eigenvalue weighted by molar-refractivity contribution is 0.636. The average Bonchev–Trinajstić information content (AvgIpc) is 2.39. The quantitative estimate of drug-likeness (QED) is 0.647. The summed E-state index contributed by atoms with van der Waals surface area (Å²) in [5.41, 5.74) is 7.41. The molecule has 2 rings (SSSR count). The van der Waals surface area contributed by atoms with Crippen molar-refractivity contribution < 1.29 is 0 Å². The highest BCUT2D eigenvalue weighted by Crippen LogP contribution is 2.33. The van der Waals surface area contributed by atoms with Crippen LogP contribution in [0.1, 0.15) is 28.3 Å². The second-order valence-corrected chi connectivity index (χ2v) is 5.82. The molecule has 2 nitrogen and oxygen atoms in total. The van der Waals surface area contributed by atoms with E-state index in [1.54, 1.807) is 0 Å². The van der Waals surface area contributed by atoms with Gasteiger partial charge in [0, 0.05) is 4.47 Å². The molecule has 0 aromatic heterocycles. The highest BCUT2D eigenvalue weighted by atomic mass is 79.9. The monoisotopic (exact) mass is 338 g/mol. The molecule has 0 radical (unpaired) electrons. The summed E-state index contributed by atoms with van der Waals surface area (Å²) in [4.78, 5) is 0. The molecule has 0 bridgehead atoms. The molecular weight excluding hydrogens is 324 g/mol. The number of aryl methyl sites for hydroxylation is 2. The van der Waals surface area contributed by atoms with Gasteiger partial charge in [-0.3, -0.25) is 5.84 Å². The minimum atomic E-state index is -0.121. The topological polar surface area (TPSA) is 38.0 Å². The lowest BCUT2D eigenvalue weighted by Crippen LogP contribution is -2.29. The van der Waals surface area contributed by atoms with Crippen molar-refractivity contribution in [1.29, 1.82) is 0 Å². The minimum Gasteiger partial charge on any atom is -0.271 e. The van der Waals surface area contributed by atoms with Crippen LogP contribution in [-0.2, 0) is 0 Å². The van der Waals surface area contributed by atoms with Gasteiger partial charge in [0.25, 0.3) is 0 Å². The van der Waals surface area contributed by atoms with Crippen LogP contribution in [0, 0.1) is 13.8 Å². The van der Waals surface area contributed by atoms with Crippen LogP contribution in [0.3, 0.4) is 0 Å². The Hall–Kier alpha value is -0.870. The number of halogens is 2. The summed E-state index contributed by atoms with van der Waals surface area (Å²) in [6.45, 7) is 4.19. The second-order valence-electron chi connectivity index (χ2n) is 4.59. The van der Waals surface area contributed by atoms with Gasteiger partial charge >= 0.3 is 0 Å².